The summed E-state index contributed by atoms with van der Waals surface area (Å²) in [6.07, 6.45) is 1.67. The van der Waals surface area contributed by atoms with Gasteiger partial charge in [-0.25, -0.2) is 9.59 Å². The van der Waals surface area contributed by atoms with E-state index in [0.29, 0.717) is 25.8 Å². The lowest BCUT2D eigenvalue weighted by Gasteiger charge is -2.23. The Labute approximate surface area is 204 Å². The van der Waals surface area contributed by atoms with Crippen LogP contribution in [0.2, 0.25) is 0 Å². The number of hydrogen-bond acceptors (Lipinski definition) is 7. The fourth-order valence-corrected chi connectivity index (χ4v) is 3.63. The van der Waals surface area contributed by atoms with Crippen molar-refractivity contribution in [1.82, 2.24) is 21.3 Å². The van der Waals surface area contributed by atoms with Crippen LogP contribution in [0.4, 0.5) is 4.79 Å². The molecule has 1 heterocycles. The van der Waals surface area contributed by atoms with Crippen molar-refractivity contribution < 1.29 is 33.4 Å². The van der Waals surface area contributed by atoms with Crippen LogP contribution in [0.15, 0.2) is 30.3 Å². The minimum atomic E-state index is -1.02. The second kappa shape index (κ2) is 14.6. The molecule has 192 valence electrons. The maximum atomic E-state index is 12.9. The number of amides is 4. The molecule has 0 aromatic heterocycles. The van der Waals surface area contributed by atoms with Gasteiger partial charge in [0.1, 0.15) is 25.2 Å². The maximum Gasteiger partial charge on any atom is 0.407 e. The molecule has 4 amide bonds. The quantitative estimate of drug-likeness (QED) is 0.298. The first-order chi connectivity index (χ1) is 16.8. The number of esters is 1. The first-order valence-electron chi connectivity index (χ1n) is 11.7. The van der Waals surface area contributed by atoms with Crippen molar-refractivity contribution in [3.63, 3.8) is 0 Å². The molecule has 0 saturated carbocycles. The Morgan fingerprint density at radius 1 is 1.11 bits per heavy atom. The Balaban J connectivity index is 1.88. The summed E-state index contributed by atoms with van der Waals surface area (Å²) < 4.78 is 9.85. The van der Waals surface area contributed by atoms with Crippen LogP contribution >= 0.6 is 0 Å². The van der Waals surface area contributed by atoms with Gasteiger partial charge in [-0.15, -0.1) is 0 Å². The van der Waals surface area contributed by atoms with Gasteiger partial charge in [0.25, 0.3) is 0 Å². The lowest BCUT2D eigenvalue weighted by atomic mass is 9.98. The van der Waals surface area contributed by atoms with E-state index in [4.69, 9.17) is 9.47 Å². The molecule has 1 saturated heterocycles. The highest BCUT2D eigenvalue weighted by molar-refractivity contribution is 5.92. The largest absolute Gasteiger partial charge is 0.467 e. The number of alkyl carbamates (subject to hydrolysis) is 1. The van der Waals surface area contributed by atoms with E-state index in [9.17, 15) is 24.0 Å². The van der Waals surface area contributed by atoms with E-state index < -0.39 is 41.9 Å². The van der Waals surface area contributed by atoms with Gasteiger partial charge in [0.15, 0.2) is 0 Å². The smallest absolute Gasteiger partial charge is 0.407 e. The lowest BCUT2D eigenvalue weighted by Crippen LogP contribution is -2.53. The van der Waals surface area contributed by atoms with E-state index in [2.05, 4.69) is 21.3 Å². The van der Waals surface area contributed by atoms with E-state index in [1.165, 1.54) is 7.11 Å². The number of carbonyl (C=O) groups is 5. The molecule has 1 aliphatic heterocycles. The highest BCUT2D eigenvalue weighted by Crippen LogP contribution is 2.17. The minimum Gasteiger partial charge on any atom is -0.467 e. The molecule has 2 rings (SSSR count). The monoisotopic (exact) mass is 490 g/mol. The Hall–Kier alpha value is -3.63. The van der Waals surface area contributed by atoms with Gasteiger partial charge >= 0.3 is 12.1 Å². The maximum absolute atomic E-state index is 12.9. The van der Waals surface area contributed by atoms with Crippen LogP contribution in [0.5, 0.6) is 0 Å². The second-order valence-corrected chi connectivity index (χ2v) is 8.27. The molecule has 4 N–H and O–H groups in total. The zero-order valence-electron chi connectivity index (χ0n) is 20.1. The fourth-order valence-electron chi connectivity index (χ4n) is 3.63. The van der Waals surface area contributed by atoms with Gasteiger partial charge in [-0.05, 0) is 24.8 Å². The average molecular weight is 491 g/mol. The van der Waals surface area contributed by atoms with E-state index in [1.54, 1.807) is 12.1 Å². The number of benzene rings is 1. The van der Waals surface area contributed by atoms with Crippen LogP contribution in [0.3, 0.4) is 0 Å². The summed E-state index contributed by atoms with van der Waals surface area (Å²) >= 11 is 0. The Morgan fingerprint density at radius 3 is 2.49 bits per heavy atom. The molecule has 0 radical (unpaired) electrons. The van der Waals surface area contributed by atoms with Gasteiger partial charge in [0.05, 0.1) is 7.11 Å². The van der Waals surface area contributed by atoms with Crippen molar-refractivity contribution in [3.8, 4) is 0 Å². The topological polar surface area (TPSA) is 152 Å². The standard InChI is InChI=1S/C24H34N4O7/c1-3-4-10-18(22(31)28-19(23(32)34-2)13-17-11-12-25-21(17)30)27-20(29)14-26-24(33)35-15-16-8-6-5-7-9-16/h5-9,17-19H,3-4,10-15H2,1-2H3,(H,25,30)(H,26,33)(H,27,29)(H,28,31)/t17?,18-,19-/m0/s1. The molecule has 1 fully saturated rings. The number of methoxy groups -OCH3 is 1. The third-order valence-corrected chi connectivity index (χ3v) is 5.59. The number of unbranched alkanes of at least 4 members (excludes halogenated alkanes) is 1. The molecule has 1 unspecified atom stereocenters. The van der Waals surface area contributed by atoms with Crippen LogP contribution in [0.1, 0.15) is 44.6 Å². The van der Waals surface area contributed by atoms with Gasteiger partial charge < -0.3 is 30.7 Å². The number of hydrogen-bond donors (Lipinski definition) is 4. The first kappa shape index (κ1) is 27.6. The van der Waals surface area contributed by atoms with Crippen molar-refractivity contribution in [2.24, 2.45) is 5.92 Å². The van der Waals surface area contributed by atoms with Crippen molar-refractivity contribution in [2.45, 2.75) is 57.7 Å². The number of rotatable bonds is 13. The molecule has 11 heteroatoms. The predicted octanol–water partition coefficient (Wildman–Crippen LogP) is 0.772. The van der Waals surface area contributed by atoms with Gasteiger partial charge in [-0.1, -0.05) is 50.1 Å². The summed E-state index contributed by atoms with van der Waals surface area (Å²) in [5, 5.41) is 10.3. The Kier molecular flexibility index (Phi) is 11.5. The summed E-state index contributed by atoms with van der Waals surface area (Å²) in [5.41, 5.74) is 0.804. The van der Waals surface area contributed by atoms with Crippen molar-refractivity contribution in [2.75, 3.05) is 20.2 Å². The summed E-state index contributed by atoms with van der Waals surface area (Å²) in [7, 11) is 1.20. The van der Waals surface area contributed by atoms with Crippen molar-refractivity contribution in [1.29, 1.82) is 0 Å². The van der Waals surface area contributed by atoms with Crippen LogP contribution in [0.25, 0.3) is 0 Å². The SMILES string of the molecule is CCCC[C@H](NC(=O)CNC(=O)OCc1ccccc1)C(=O)N[C@@H](CC1CCNC1=O)C(=O)OC. The fraction of sp³-hybridized carbons (Fsp3) is 0.542. The zero-order chi connectivity index (χ0) is 25.6. The number of ether oxygens (including phenoxy) is 2. The molecule has 11 nitrogen and oxygen atoms in total. The molecule has 35 heavy (non-hydrogen) atoms. The normalized spacial score (nSPS) is 16.4. The Bertz CT molecular complexity index is 878. The average Bonchev–Trinajstić information content (AvgIpc) is 3.27. The molecule has 0 aliphatic carbocycles. The molecular formula is C24H34N4O7. The zero-order valence-corrected chi connectivity index (χ0v) is 20.1. The van der Waals surface area contributed by atoms with Crippen molar-refractivity contribution >= 4 is 29.8 Å². The first-order valence-corrected chi connectivity index (χ1v) is 11.7. The summed E-state index contributed by atoms with van der Waals surface area (Å²) in [6, 6.07) is 7.15. The summed E-state index contributed by atoms with van der Waals surface area (Å²) in [5.74, 6) is -2.39. The van der Waals surface area contributed by atoms with Gasteiger partial charge in [0, 0.05) is 12.5 Å². The third kappa shape index (κ3) is 9.63. The highest BCUT2D eigenvalue weighted by Gasteiger charge is 2.33. The molecule has 1 aromatic carbocycles. The lowest BCUT2D eigenvalue weighted by molar-refractivity contribution is -0.146. The molecular weight excluding hydrogens is 456 g/mol. The van der Waals surface area contributed by atoms with Gasteiger partial charge in [-0.3, -0.25) is 14.4 Å². The Morgan fingerprint density at radius 2 is 1.86 bits per heavy atom. The van der Waals surface area contributed by atoms with Crippen LogP contribution in [-0.4, -0.2) is 62.1 Å². The van der Waals surface area contributed by atoms with E-state index in [-0.39, 0.29) is 25.5 Å². The van der Waals surface area contributed by atoms with Crippen LogP contribution < -0.4 is 21.3 Å². The molecule has 0 bridgehead atoms. The van der Waals surface area contributed by atoms with Crippen molar-refractivity contribution in [3.05, 3.63) is 35.9 Å². The predicted molar refractivity (Wildman–Crippen MR) is 126 cm³/mol. The van der Waals surface area contributed by atoms with E-state index in [0.717, 1.165) is 12.0 Å². The van der Waals surface area contributed by atoms with Gasteiger partial charge in [0.2, 0.25) is 17.7 Å². The second-order valence-electron chi connectivity index (χ2n) is 8.27. The van der Waals surface area contributed by atoms with Crippen LogP contribution in [0, 0.1) is 5.92 Å². The molecule has 1 aromatic rings. The third-order valence-electron chi connectivity index (χ3n) is 5.59. The van der Waals surface area contributed by atoms with E-state index in [1.807, 2.05) is 25.1 Å². The molecule has 3 atom stereocenters. The van der Waals surface area contributed by atoms with E-state index >= 15 is 0 Å². The highest BCUT2D eigenvalue weighted by atomic mass is 16.5. The summed E-state index contributed by atoms with van der Waals surface area (Å²) in [4.78, 5) is 61.3. The number of nitrogens with one attached hydrogen (secondary N) is 4. The van der Waals surface area contributed by atoms with Gasteiger partial charge in [-0.2, -0.15) is 0 Å². The molecule has 1 aliphatic rings. The van der Waals surface area contributed by atoms with Crippen LogP contribution in [-0.2, 0) is 35.3 Å². The summed E-state index contributed by atoms with van der Waals surface area (Å²) in [6.45, 7) is 2.13. The molecule has 0 spiro atoms. The minimum absolute atomic E-state index is 0.0593. The number of carbonyl (C=O) groups excluding carboxylic acids is 5.